The van der Waals surface area contributed by atoms with E-state index < -0.39 is 0 Å². The Morgan fingerprint density at radius 3 is 2.52 bits per heavy atom. The van der Waals surface area contributed by atoms with Crippen LogP contribution in [0.15, 0.2) is 35.5 Å². The van der Waals surface area contributed by atoms with Crippen molar-refractivity contribution in [3.8, 4) is 5.75 Å². The Labute approximate surface area is 189 Å². The molecule has 0 saturated carbocycles. The Hall–Kier alpha value is -2.10. The highest BCUT2D eigenvalue weighted by Crippen LogP contribution is 2.24. The van der Waals surface area contributed by atoms with Gasteiger partial charge in [-0.3, -0.25) is 9.98 Å². The standard InChI is InChI=1S/C21H28FN5O.HI/c1-15-13-24-18(16(2)20(15)28-4)14-25-21(23-3)27-11-9-26(10-12-27)19-8-6-5-7-17(19)22;/h5-8,13H,9-12,14H2,1-4H3,(H,23,25);1H. The zero-order valence-electron chi connectivity index (χ0n) is 17.4. The molecule has 1 aromatic heterocycles. The minimum Gasteiger partial charge on any atom is -0.496 e. The molecule has 1 aliphatic heterocycles. The van der Waals surface area contributed by atoms with E-state index in [9.17, 15) is 4.39 Å². The first-order valence-electron chi connectivity index (χ1n) is 9.49. The van der Waals surface area contributed by atoms with Crippen LogP contribution in [0.4, 0.5) is 10.1 Å². The highest BCUT2D eigenvalue weighted by Gasteiger charge is 2.21. The first kappa shape index (κ1) is 23.2. The van der Waals surface area contributed by atoms with Gasteiger partial charge in [0.1, 0.15) is 11.6 Å². The average Bonchev–Trinajstić information content (AvgIpc) is 2.71. The van der Waals surface area contributed by atoms with Gasteiger partial charge in [-0.2, -0.15) is 0 Å². The molecule has 1 aromatic carbocycles. The van der Waals surface area contributed by atoms with Gasteiger partial charge in [-0.1, -0.05) is 12.1 Å². The van der Waals surface area contributed by atoms with Crippen molar-refractivity contribution in [2.45, 2.75) is 20.4 Å². The van der Waals surface area contributed by atoms with Crippen LogP contribution in [0.1, 0.15) is 16.8 Å². The maximum atomic E-state index is 14.0. The third-order valence-corrected chi connectivity index (χ3v) is 5.15. The molecule has 1 fully saturated rings. The molecule has 0 bridgehead atoms. The van der Waals surface area contributed by atoms with E-state index in [0.717, 1.165) is 54.7 Å². The molecule has 1 saturated heterocycles. The van der Waals surface area contributed by atoms with E-state index in [1.807, 2.05) is 32.2 Å². The average molecular weight is 513 g/mol. The number of guanidine groups is 1. The maximum Gasteiger partial charge on any atom is 0.194 e. The molecular weight excluding hydrogens is 484 g/mol. The van der Waals surface area contributed by atoms with Crippen molar-refractivity contribution in [3.63, 3.8) is 0 Å². The highest BCUT2D eigenvalue weighted by molar-refractivity contribution is 14.0. The van der Waals surface area contributed by atoms with Gasteiger partial charge < -0.3 is 19.9 Å². The number of pyridine rings is 1. The van der Waals surface area contributed by atoms with E-state index in [-0.39, 0.29) is 29.8 Å². The molecule has 8 heteroatoms. The van der Waals surface area contributed by atoms with Crippen LogP contribution in [-0.4, -0.2) is 56.2 Å². The summed E-state index contributed by atoms with van der Waals surface area (Å²) in [5, 5.41) is 3.40. The SMILES string of the molecule is CN=C(NCc1ncc(C)c(OC)c1C)N1CCN(c2ccccc2F)CC1.I. The molecule has 1 aliphatic rings. The van der Waals surface area contributed by atoms with Gasteiger partial charge in [0, 0.05) is 50.6 Å². The van der Waals surface area contributed by atoms with Crippen molar-refractivity contribution in [2.24, 2.45) is 4.99 Å². The Kier molecular flexibility index (Phi) is 8.48. The summed E-state index contributed by atoms with van der Waals surface area (Å²) in [5.41, 5.74) is 3.66. The van der Waals surface area contributed by atoms with Crippen LogP contribution in [0.25, 0.3) is 0 Å². The maximum absolute atomic E-state index is 14.0. The van der Waals surface area contributed by atoms with Crippen molar-refractivity contribution in [1.82, 2.24) is 15.2 Å². The van der Waals surface area contributed by atoms with Crippen molar-refractivity contribution < 1.29 is 9.13 Å². The fraction of sp³-hybridized carbons (Fsp3) is 0.429. The van der Waals surface area contributed by atoms with E-state index >= 15 is 0 Å². The number of piperazine rings is 1. The number of aliphatic imine (C=N–C) groups is 1. The number of para-hydroxylation sites is 1. The van der Waals surface area contributed by atoms with Gasteiger partial charge in [0.25, 0.3) is 0 Å². The zero-order chi connectivity index (χ0) is 20.1. The summed E-state index contributed by atoms with van der Waals surface area (Å²) in [7, 11) is 3.46. The van der Waals surface area contributed by atoms with Crippen LogP contribution in [0.2, 0.25) is 0 Å². The minimum absolute atomic E-state index is 0. The molecule has 0 aliphatic carbocycles. The molecule has 0 spiro atoms. The van der Waals surface area contributed by atoms with Crippen molar-refractivity contribution in [2.75, 3.05) is 45.2 Å². The van der Waals surface area contributed by atoms with Crippen LogP contribution in [0.5, 0.6) is 5.75 Å². The molecule has 158 valence electrons. The Morgan fingerprint density at radius 2 is 1.90 bits per heavy atom. The number of aryl methyl sites for hydroxylation is 1. The number of methoxy groups -OCH3 is 1. The fourth-order valence-electron chi connectivity index (χ4n) is 3.61. The number of rotatable bonds is 4. The fourth-order valence-corrected chi connectivity index (χ4v) is 3.61. The third kappa shape index (κ3) is 5.29. The predicted molar refractivity (Wildman–Crippen MR) is 126 cm³/mol. The largest absolute Gasteiger partial charge is 0.496 e. The predicted octanol–water partition coefficient (Wildman–Crippen LogP) is 3.36. The van der Waals surface area contributed by atoms with Gasteiger partial charge >= 0.3 is 0 Å². The van der Waals surface area contributed by atoms with Gasteiger partial charge in [-0.25, -0.2) is 4.39 Å². The summed E-state index contributed by atoms with van der Waals surface area (Å²) in [6.07, 6.45) is 1.83. The second-order valence-electron chi connectivity index (χ2n) is 6.87. The number of nitrogens with zero attached hydrogens (tertiary/aromatic N) is 4. The smallest absolute Gasteiger partial charge is 0.194 e. The molecule has 0 radical (unpaired) electrons. The summed E-state index contributed by atoms with van der Waals surface area (Å²) < 4.78 is 19.5. The molecule has 2 heterocycles. The lowest BCUT2D eigenvalue weighted by atomic mass is 10.1. The molecule has 1 N–H and O–H groups in total. The van der Waals surface area contributed by atoms with Crippen molar-refractivity contribution in [3.05, 3.63) is 53.1 Å². The third-order valence-electron chi connectivity index (χ3n) is 5.15. The topological polar surface area (TPSA) is 53.0 Å². The van der Waals surface area contributed by atoms with Crippen LogP contribution >= 0.6 is 24.0 Å². The number of hydrogen-bond acceptors (Lipinski definition) is 4. The van der Waals surface area contributed by atoms with E-state index in [4.69, 9.17) is 4.74 Å². The normalized spacial score (nSPS) is 14.4. The highest BCUT2D eigenvalue weighted by atomic mass is 127. The van der Waals surface area contributed by atoms with E-state index in [1.54, 1.807) is 20.2 Å². The Morgan fingerprint density at radius 1 is 1.21 bits per heavy atom. The van der Waals surface area contributed by atoms with Gasteiger partial charge in [0.05, 0.1) is 25.0 Å². The van der Waals surface area contributed by atoms with Gasteiger partial charge in [0.2, 0.25) is 0 Å². The number of benzene rings is 1. The Balaban J connectivity index is 0.00000300. The number of halogens is 2. The number of ether oxygens (including phenoxy) is 1. The first-order valence-corrected chi connectivity index (χ1v) is 9.49. The lowest BCUT2D eigenvalue weighted by Gasteiger charge is -2.37. The first-order chi connectivity index (χ1) is 13.5. The molecule has 0 unspecified atom stereocenters. The summed E-state index contributed by atoms with van der Waals surface area (Å²) in [6, 6.07) is 6.93. The van der Waals surface area contributed by atoms with E-state index in [1.165, 1.54) is 6.07 Å². The molecule has 0 amide bonds. The minimum atomic E-state index is -0.173. The number of aromatic nitrogens is 1. The van der Waals surface area contributed by atoms with E-state index in [2.05, 4.69) is 25.1 Å². The molecule has 2 aromatic rings. The Bertz CT molecular complexity index is 853. The van der Waals surface area contributed by atoms with Crippen LogP contribution in [0, 0.1) is 19.7 Å². The zero-order valence-corrected chi connectivity index (χ0v) is 19.7. The van der Waals surface area contributed by atoms with Gasteiger partial charge in [0.15, 0.2) is 5.96 Å². The molecule has 29 heavy (non-hydrogen) atoms. The van der Waals surface area contributed by atoms with Crippen LogP contribution in [-0.2, 0) is 6.54 Å². The summed E-state index contributed by atoms with van der Waals surface area (Å²) in [4.78, 5) is 13.2. The second-order valence-corrected chi connectivity index (χ2v) is 6.87. The number of anilines is 1. The lowest BCUT2D eigenvalue weighted by molar-refractivity contribution is 0.370. The molecular formula is C21H29FIN5O. The number of nitrogens with one attached hydrogen (secondary N) is 1. The van der Waals surface area contributed by atoms with Gasteiger partial charge in [-0.15, -0.1) is 24.0 Å². The monoisotopic (exact) mass is 513 g/mol. The lowest BCUT2D eigenvalue weighted by Crippen LogP contribution is -2.52. The van der Waals surface area contributed by atoms with Crippen molar-refractivity contribution >= 4 is 35.6 Å². The van der Waals surface area contributed by atoms with Crippen molar-refractivity contribution in [1.29, 1.82) is 0 Å². The molecule has 6 nitrogen and oxygen atoms in total. The number of hydrogen-bond donors (Lipinski definition) is 1. The summed E-state index contributed by atoms with van der Waals surface area (Å²) in [5.74, 6) is 1.53. The molecule has 0 atom stereocenters. The van der Waals surface area contributed by atoms with Crippen LogP contribution in [0.3, 0.4) is 0 Å². The van der Waals surface area contributed by atoms with Gasteiger partial charge in [-0.05, 0) is 26.0 Å². The summed E-state index contributed by atoms with van der Waals surface area (Å²) in [6.45, 7) is 7.63. The summed E-state index contributed by atoms with van der Waals surface area (Å²) >= 11 is 0. The quantitative estimate of drug-likeness (QED) is 0.386. The molecule has 3 rings (SSSR count). The second kappa shape index (κ2) is 10.6. The van der Waals surface area contributed by atoms with E-state index in [0.29, 0.717) is 12.2 Å². The van der Waals surface area contributed by atoms with Crippen LogP contribution < -0.4 is 15.0 Å².